The summed E-state index contributed by atoms with van der Waals surface area (Å²) in [6.45, 7) is 4.52. The molecule has 0 amide bonds. The number of carbonyl (C=O) groups is 1. The van der Waals surface area contributed by atoms with Crippen LogP contribution in [0.3, 0.4) is 0 Å². The molecule has 2 aliphatic heterocycles. The molecule has 0 bridgehead atoms. The molecule has 7 nitrogen and oxygen atoms in total. The van der Waals surface area contributed by atoms with Crippen LogP contribution in [0.1, 0.15) is 40.3 Å². The molecule has 2 aliphatic rings. The fourth-order valence-corrected chi connectivity index (χ4v) is 4.76. The Hall–Kier alpha value is -3.16. The van der Waals surface area contributed by atoms with E-state index in [1.807, 2.05) is 17.0 Å². The third-order valence-electron chi connectivity index (χ3n) is 6.37. The minimum atomic E-state index is -0.867. The van der Waals surface area contributed by atoms with Gasteiger partial charge in [-0.15, -0.1) is 0 Å². The quantitative estimate of drug-likeness (QED) is 0.702. The Morgan fingerprint density at radius 3 is 2.58 bits per heavy atom. The van der Waals surface area contributed by atoms with Crippen molar-refractivity contribution < 1.29 is 15.4 Å². The Labute approximate surface area is 181 Å². The molecular formula is C24H28N4O3. The number of likely N-dealkylation sites (tertiary alicyclic amines) is 1. The van der Waals surface area contributed by atoms with Crippen LogP contribution in [0.2, 0.25) is 0 Å². The molecule has 0 atom stereocenters. The van der Waals surface area contributed by atoms with Gasteiger partial charge < -0.3 is 24.6 Å². The number of aromatic carboxylic acids is 1. The van der Waals surface area contributed by atoms with Crippen molar-refractivity contribution in [3.8, 4) is 0 Å². The van der Waals surface area contributed by atoms with Crippen molar-refractivity contribution in [2.24, 2.45) is 0 Å². The SMILES string of the molecule is O.O=C(O)c1cccn1CCN1CCC(=C2c3ccccc3CCn3ccnc32)CC1. The van der Waals surface area contributed by atoms with E-state index >= 15 is 0 Å². The Morgan fingerprint density at radius 1 is 0.968 bits per heavy atom. The molecule has 1 saturated heterocycles. The van der Waals surface area contributed by atoms with E-state index in [9.17, 15) is 9.90 Å². The summed E-state index contributed by atoms with van der Waals surface area (Å²) in [6, 6.07) is 12.2. The molecule has 0 radical (unpaired) electrons. The van der Waals surface area contributed by atoms with E-state index in [1.54, 1.807) is 12.1 Å². The van der Waals surface area contributed by atoms with Gasteiger partial charge in [0, 0.05) is 56.9 Å². The summed E-state index contributed by atoms with van der Waals surface area (Å²) in [7, 11) is 0. The summed E-state index contributed by atoms with van der Waals surface area (Å²) >= 11 is 0. The summed E-state index contributed by atoms with van der Waals surface area (Å²) in [5.74, 6) is 0.232. The van der Waals surface area contributed by atoms with Gasteiger partial charge in [0.1, 0.15) is 11.5 Å². The molecule has 0 spiro atoms. The van der Waals surface area contributed by atoms with E-state index < -0.39 is 5.97 Å². The topological polar surface area (TPSA) is 94.8 Å². The van der Waals surface area contributed by atoms with Crippen molar-refractivity contribution in [3.63, 3.8) is 0 Å². The van der Waals surface area contributed by atoms with Gasteiger partial charge in [0.15, 0.2) is 0 Å². The molecule has 162 valence electrons. The summed E-state index contributed by atoms with van der Waals surface area (Å²) in [5, 5.41) is 9.29. The highest BCUT2D eigenvalue weighted by molar-refractivity contribution is 5.85. The molecule has 1 fully saturated rings. The third-order valence-corrected chi connectivity index (χ3v) is 6.37. The number of carboxylic acid groups (broad SMARTS) is 1. The lowest BCUT2D eigenvalue weighted by atomic mass is 9.90. The van der Waals surface area contributed by atoms with Gasteiger partial charge in [-0.05, 0) is 42.5 Å². The first-order chi connectivity index (χ1) is 14.7. The Kier molecular flexibility index (Phi) is 6.06. The second kappa shape index (κ2) is 8.91. The van der Waals surface area contributed by atoms with Crippen LogP contribution in [0, 0.1) is 0 Å². The molecule has 3 aromatic rings. The van der Waals surface area contributed by atoms with Crippen LogP contribution in [-0.2, 0) is 19.5 Å². The molecule has 3 N–H and O–H groups in total. The maximum atomic E-state index is 11.3. The highest BCUT2D eigenvalue weighted by atomic mass is 16.4. The average molecular weight is 421 g/mol. The largest absolute Gasteiger partial charge is 0.477 e. The van der Waals surface area contributed by atoms with Crippen LogP contribution in [0.5, 0.6) is 0 Å². The zero-order chi connectivity index (χ0) is 20.5. The lowest BCUT2D eigenvalue weighted by Crippen LogP contribution is -2.34. The smallest absolute Gasteiger partial charge is 0.352 e. The van der Waals surface area contributed by atoms with Crippen LogP contribution < -0.4 is 0 Å². The zero-order valence-electron chi connectivity index (χ0n) is 17.5. The lowest BCUT2D eigenvalue weighted by Gasteiger charge is -2.30. The predicted molar refractivity (Wildman–Crippen MR) is 119 cm³/mol. The zero-order valence-corrected chi connectivity index (χ0v) is 17.5. The van der Waals surface area contributed by atoms with E-state index in [-0.39, 0.29) is 5.48 Å². The highest BCUT2D eigenvalue weighted by Crippen LogP contribution is 2.35. The van der Waals surface area contributed by atoms with Crippen molar-refractivity contribution in [1.82, 2.24) is 19.0 Å². The number of aryl methyl sites for hydroxylation is 2. The number of aromatic nitrogens is 3. The number of imidazole rings is 1. The number of benzene rings is 1. The first-order valence-corrected chi connectivity index (χ1v) is 10.6. The van der Waals surface area contributed by atoms with Gasteiger partial charge in [0.2, 0.25) is 0 Å². The van der Waals surface area contributed by atoms with Crippen LogP contribution >= 0.6 is 0 Å². The average Bonchev–Trinajstić information content (AvgIpc) is 3.40. The molecule has 2 aromatic heterocycles. The summed E-state index contributed by atoms with van der Waals surface area (Å²) < 4.78 is 4.11. The van der Waals surface area contributed by atoms with E-state index in [1.165, 1.54) is 22.3 Å². The Balaban J connectivity index is 0.00000231. The Bertz CT molecular complexity index is 1100. The van der Waals surface area contributed by atoms with Crippen molar-refractivity contribution in [1.29, 1.82) is 0 Å². The van der Waals surface area contributed by atoms with E-state index in [2.05, 4.69) is 39.9 Å². The van der Waals surface area contributed by atoms with Crippen molar-refractivity contribution >= 4 is 11.5 Å². The number of piperidine rings is 1. The number of carboxylic acids is 1. The summed E-state index contributed by atoms with van der Waals surface area (Å²) in [5.41, 5.74) is 5.91. The van der Waals surface area contributed by atoms with Crippen molar-refractivity contribution in [2.45, 2.75) is 32.4 Å². The van der Waals surface area contributed by atoms with E-state index in [0.29, 0.717) is 12.2 Å². The van der Waals surface area contributed by atoms with E-state index in [0.717, 1.165) is 51.3 Å². The monoisotopic (exact) mass is 420 g/mol. The van der Waals surface area contributed by atoms with E-state index in [4.69, 9.17) is 4.98 Å². The molecule has 7 heteroatoms. The summed E-state index contributed by atoms with van der Waals surface area (Å²) in [6.07, 6.45) is 8.93. The number of hydrogen-bond donors (Lipinski definition) is 1. The van der Waals surface area contributed by atoms with Crippen LogP contribution in [0.4, 0.5) is 0 Å². The van der Waals surface area contributed by atoms with Crippen molar-refractivity contribution in [3.05, 3.63) is 83.2 Å². The predicted octanol–water partition coefficient (Wildman–Crippen LogP) is 2.71. The standard InChI is InChI=1S/C24H26N4O2.H2O/c29-24(30)21-6-3-11-27(21)17-16-26-12-7-19(8-13-26)22-20-5-2-1-4-18(20)9-14-28-15-10-25-23(22)28;/h1-6,10-11,15H,7-9,12-14,16-17H2,(H,29,30);1H2. The molecule has 0 unspecified atom stereocenters. The molecule has 5 rings (SSSR count). The van der Waals surface area contributed by atoms with Gasteiger partial charge in [0.05, 0.1) is 0 Å². The Morgan fingerprint density at radius 2 is 1.77 bits per heavy atom. The normalized spacial score (nSPS) is 16.3. The number of rotatable bonds is 4. The maximum Gasteiger partial charge on any atom is 0.352 e. The molecule has 0 saturated carbocycles. The van der Waals surface area contributed by atoms with Gasteiger partial charge in [-0.2, -0.15) is 0 Å². The number of fused-ring (bicyclic) bond motifs is 2. The van der Waals surface area contributed by atoms with Gasteiger partial charge in [-0.1, -0.05) is 29.8 Å². The van der Waals surface area contributed by atoms with Crippen molar-refractivity contribution in [2.75, 3.05) is 19.6 Å². The maximum absolute atomic E-state index is 11.3. The third kappa shape index (κ3) is 4.06. The minimum Gasteiger partial charge on any atom is -0.477 e. The fourth-order valence-electron chi connectivity index (χ4n) is 4.76. The van der Waals surface area contributed by atoms with Crippen LogP contribution in [0.15, 0.2) is 60.6 Å². The summed E-state index contributed by atoms with van der Waals surface area (Å²) in [4.78, 5) is 18.5. The second-order valence-electron chi connectivity index (χ2n) is 8.06. The minimum absolute atomic E-state index is 0. The second-order valence-corrected chi connectivity index (χ2v) is 8.06. The molecular weight excluding hydrogens is 392 g/mol. The molecule has 1 aromatic carbocycles. The van der Waals surface area contributed by atoms with Crippen LogP contribution in [0.25, 0.3) is 5.57 Å². The van der Waals surface area contributed by atoms with Gasteiger partial charge in [0.25, 0.3) is 0 Å². The molecule has 4 heterocycles. The highest BCUT2D eigenvalue weighted by Gasteiger charge is 2.25. The number of hydrogen-bond acceptors (Lipinski definition) is 3. The van der Waals surface area contributed by atoms with Gasteiger partial charge in [-0.3, -0.25) is 0 Å². The first kappa shape index (κ1) is 21.1. The first-order valence-electron chi connectivity index (χ1n) is 10.6. The van der Waals surface area contributed by atoms with Gasteiger partial charge >= 0.3 is 5.97 Å². The molecule has 31 heavy (non-hydrogen) atoms. The van der Waals surface area contributed by atoms with Gasteiger partial charge in [-0.25, -0.2) is 9.78 Å². The lowest BCUT2D eigenvalue weighted by molar-refractivity contribution is 0.0684. The molecule has 0 aliphatic carbocycles. The fraction of sp³-hybridized carbons (Fsp3) is 0.333. The number of nitrogens with zero attached hydrogens (tertiary/aromatic N) is 4. The van der Waals surface area contributed by atoms with Crippen LogP contribution in [-0.4, -0.2) is 55.2 Å².